The summed E-state index contributed by atoms with van der Waals surface area (Å²) in [5, 5.41) is 0. The van der Waals surface area contributed by atoms with Crippen molar-refractivity contribution in [1.29, 1.82) is 0 Å². The van der Waals surface area contributed by atoms with Crippen molar-refractivity contribution in [3.05, 3.63) is 41.3 Å². The fraction of sp³-hybridized carbons (Fsp3) is 0.524. The maximum atomic E-state index is 13.4. The first kappa shape index (κ1) is 20.0. The third-order valence-electron chi connectivity index (χ3n) is 5.20. The van der Waals surface area contributed by atoms with Gasteiger partial charge in [0.15, 0.2) is 0 Å². The van der Waals surface area contributed by atoms with Gasteiger partial charge in [-0.2, -0.15) is 0 Å². The second kappa shape index (κ2) is 8.93. The zero-order chi connectivity index (χ0) is 19.4. The van der Waals surface area contributed by atoms with Gasteiger partial charge in [-0.25, -0.2) is 9.37 Å². The molecular formula is C21H27FN2O2S. The molecule has 6 heteroatoms. The van der Waals surface area contributed by atoms with Crippen molar-refractivity contribution in [2.24, 2.45) is 5.92 Å². The number of carbonyl (C=O) groups is 1. The van der Waals surface area contributed by atoms with Crippen molar-refractivity contribution in [2.45, 2.75) is 51.7 Å². The number of rotatable bonds is 6. The molecule has 1 fully saturated rings. The normalized spacial score (nSPS) is 20.3. The first-order valence-corrected chi connectivity index (χ1v) is 10.4. The highest BCUT2D eigenvalue weighted by Crippen LogP contribution is 2.32. The fourth-order valence-electron chi connectivity index (χ4n) is 3.74. The summed E-state index contributed by atoms with van der Waals surface area (Å²) in [6.45, 7) is 5.12. The summed E-state index contributed by atoms with van der Waals surface area (Å²) in [5.41, 5.74) is 2.96. The predicted molar refractivity (Wildman–Crippen MR) is 106 cm³/mol. The zero-order valence-corrected chi connectivity index (χ0v) is 17.0. The Labute approximate surface area is 164 Å². The van der Waals surface area contributed by atoms with Crippen LogP contribution in [0.15, 0.2) is 29.8 Å². The Morgan fingerprint density at radius 3 is 2.78 bits per heavy atom. The maximum Gasteiger partial charge on any atom is 0.274 e. The zero-order valence-electron chi connectivity index (χ0n) is 16.2. The molecule has 1 amide bonds. The van der Waals surface area contributed by atoms with E-state index in [1.54, 1.807) is 24.8 Å². The first-order chi connectivity index (χ1) is 13.0. The van der Waals surface area contributed by atoms with Crippen molar-refractivity contribution in [3.8, 4) is 10.4 Å². The van der Waals surface area contributed by atoms with E-state index in [9.17, 15) is 9.18 Å². The number of likely N-dealkylation sites (tertiary alicyclic amines) is 1. The van der Waals surface area contributed by atoms with E-state index < -0.39 is 0 Å². The molecule has 1 aliphatic heterocycles. The standard InChI is InChI=1S/C21H27FN2O2S/c1-14(2)6-11-17-18(26-3)5-4-12-24(17)21(25)19-20(27-13-23-19)15-7-9-16(22)10-8-15/h7-10,13-14,17-18H,4-6,11-12H2,1-3H3. The number of halogens is 1. The molecule has 0 radical (unpaired) electrons. The van der Waals surface area contributed by atoms with Crippen LogP contribution in [0.4, 0.5) is 4.39 Å². The molecule has 4 nitrogen and oxygen atoms in total. The number of nitrogens with zero attached hydrogens (tertiary/aromatic N) is 2. The molecule has 0 aliphatic carbocycles. The lowest BCUT2D eigenvalue weighted by Crippen LogP contribution is -2.51. The minimum absolute atomic E-state index is 0.0499. The average molecular weight is 391 g/mol. The van der Waals surface area contributed by atoms with Crippen molar-refractivity contribution in [1.82, 2.24) is 9.88 Å². The Kier molecular flexibility index (Phi) is 6.60. The number of benzene rings is 1. The van der Waals surface area contributed by atoms with Crippen LogP contribution in [0.5, 0.6) is 0 Å². The van der Waals surface area contributed by atoms with E-state index in [4.69, 9.17) is 4.74 Å². The highest BCUT2D eigenvalue weighted by atomic mass is 32.1. The van der Waals surface area contributed by atoms with Crippen molar-refractivity contribution >= 4 is 17.2 Å². The van der Waals surface area contributed by atoms with Crippen molar-refractivity contribution in [3.63, 3.8) is 0 Å². The second-order valence-electron chi connectivity index (χ2n) is 7.49. The van der Waals surface area contributed by atoms with Gasteiger partial charge in [0, 0.05) is 13.7 Å². The Morgan fingerprint density at radius 2 is 2.11 bits per heavy atom. The van der Waals surface area contributed by atoms with Crippen LogP contribution < -0.4 is 0 Å². The topological polar surface area (TPSA) is 42.4 Å². The fourth-order valence-corrected chi connectivity index (χ4v) is 4.52. The summed E-state index contributed by atoms with van der Waals surface area (Å²) in [4.78, 5) is 20.5. The van der Waals surface area contributed by atoms with Crippen molar-refractivity contribution < 1.29 is 13.9 Å². The molecular weight excluding hydrogens is 363 g/mol. The largest absolute Gasteiger partial charge is 0.379 e. The summed E-state index contributed by atoms with van der Waals surface area (Å²) in [6, 6.07) is 6.29. The number of carbonyl (C=O) groups excluding carboxylic acids is 1. The third-order valence-corrected chi connectivity index (χ3v) is 6.07. The minimum atomic E-state index is -0.288. The molecule has 2 unspecified atom stereocenters. The van der Waals surface area contributed by atoms with Crippen LogP contribution in [0, 0.1) is 11.7 Å². The number of amides is 1. The van der Waals surface area contributed by atoms with Gasteiger partial charge in [-0.15, -0.1) is 11.3 Å². The molecule has 27 heavy (non-hydrogen) atoms. The van der Waals surface area contributed by atoms with E-state index in [-0.39, 0.29) is 23.9 Å². The molecule has 1 aromatic carbocycles. The lowest BCUT2D eigenvalue weighted by atomic mass is 9.91. The molecule has 2 atom stereocenters. The van der Waals surface area contributed by atoms with Crippen LogP contribution in [-0.4, -0.2) is 41.6 Å². The van der Waals surface area contributed by atoms with Gasteiger partial charge in [-0.05, 0) is 49.3 Å². The molecule has 0 spiro atoms. The average Bonchev–Trinajstić information content (AvgIpc) is 3.15. The van der Waals surface area contributed by atoms with Crippen molar-refractivity contribution in [2.75, 3.05) is 13.7 Å². The van der Waals surface area contributed by atoms with E-state index in [1.165, 1.54) is 23.5 Å². The monoisotopic (exact) mass is 390 g/mol. The second-order valence-corrected chi connectivity index (χ2v) is 8.35. The smallest absolute Gasteiger partial charge is 0.274 e. The highest BCUT2D eigenvalue weighted by Gasteiger charge is 2.36. The molecule has 1 aliphatic rings. The van der Waals surface area contributed by atoms with Gasteiger partial charge in [0.1, 0.15) is 11.5 Å². The summed E-state index contributed by atoms with van der Waals surface area (Å²) in [7, 11) is 1.73. The Hall–Kier alpha value is -1.79. The number of piperidine rings is 1. The van der Waals surface area contributed by atoms with Crippen LogP contribution in [0.2, 0.25) is 0 Å². The highest BCUT2D eigenvalue weighted by molar-refractivity contribution is 7.13. The van der Waals surface area contributed by atoms with Gasteiger partial charge < -0.3 is 9.64 Å². The Bertz CT molecular complexity index is 760. The molecule has 1 aromatic heterocycles. The predicted octanol–water partition coefficient (Wildman–Crippen LogP) is 5.01. The van der Waals surface area contributed by atoms with Gasteiger partial charge in [0.25, 0.3) is 5.91 Å². The summed E-state index contributed by atoms with van der Waals surface area (Å²) in [5.74, 6) is 0.241. The van der Waals surface area contributed by atoms with Gasteiger partial charge in [0.05, 0.1) is 22.5 Å². The molecule has 2 aromatic rings. The van der Waals surface area contributed by atoms with Crippen LogP contribution in [0.25, 0.3) is 10.4 Å². The van der Waals surface area contributed by atoms with E-state index in [1.807, 2.05) is 4.90 Å². The number of methoxy groups -OCH3 is 1. The lowest BCUT2D eigenvalue weighted by molar-refractivity contribution is -0.0163. The van der Waals surface area contributed by atoms with Gasteiger partial charge in [-0.1, -0.05) is 26.0 Å². The van der Waals surface area contributed by atoms with E-state index >= 15 is 0 Å². The van der Waals surface area contributed by atoms with E-state index in [2.05, 4.69) is 18.8 Å². The van der Waals surface area contributed by atoms with Crippen LogP contribution in [0.1, 0.15) is 50.0 Å². The SMILES string of the molecule is COC1CCCN(C(=O)c2ncsc2-c2ccc(F)cc2)C1CCC(C)C. The third kappa shape index (κ3) is 4.55. The molecule has 1 saturated heterocycles. The number of aromatic nitrogens is 1. The Balaban J connectivity index is 1.87. The molecule has 0 bridgehead atoms. The molecule has 3 rings (SSSR count). The Morgan fingerprint density at radius 1 is 1.37 bits per heavy atom. The summed E-state index contributed by atoms with van der Waals surface area (Å²) >= 11 is 1.41. The first-order valence-electron chi connectivity index (χ1n) is 9.54. The quantitative estimate of drug-likeness (QED) is 0.697. The van der Waals surface area contributed by atoms with Gasteiger partial charge in [0.2, 0.25) is 0 Å². The van der Waals surface area contributed by atoms with E-state index in [0.29, 0.717) is 11.6 Å². The number of hydrogen-bond donors (Lipinski definition) is 0. The van der Waals surface area contributed by atoms with Crippen LogP contribution in [0.3, 0.4) is 0 Å². The minimum Gasteiger partial charge on any atom is -0.379 e. The van der Waals surface area contributed by atoms with Gasteiger partial charge >= 0.3 is 0 Å². The molecule has 0 N–H and O–H groups in total. The van der Waals surface area contributed by atoms with Gasteiger partial charge in [-0.3, -0.25) is 4.79 Å². The molecule has 146 valence electrons. The summed E-state index contributed by atoms with van der Waals surface area (Å²) < 4.78 is 19.0. The van der Waals surface area contributed by atoms with E-state index in [0.717, 1.165) is 42.7 Å². The molecule has 0 saturated carbocycles. The van der Waals surface area contributed by atoms with Crippen LogP contribution >= 0.6 is 11.3 Å². The number of hydrogen-bond acceptors (Lipinski definition) is 4. The van der Waals surface area contributed by atoms with Crippen LogP contribution in [-0.2, 0) is 4.74 Å². The maximum absolute atomic E-state index is 13.4. The molecule has 2 heterocycles. The number of ether oxygens (including phenoxy) is 1. The summed E-state index contributed by atoms with van der Waals surface area (Å²) in [6.07, 6.45) is 3.95. The number of thiazole rings is 1. The lowest BCUT2D eigenvalue weighted by Gasteiger charge is -2.41.